The standard InChI is InChI=1S/C27H31N6O6P/c1-17(34)30-20-8-12-23(13-9-20)38-40(39-24-14-10-21(11-15-24)31-18(2)35)25(33-27(36)37-3)16-19-4-6-22(7-5-19)32-26(28)29/h4-15,25H,16H2,1-3H3,(H,30,34)(H,31,35)(H,33,36)(H4,28,29,32). The quantitative estimate of drug-likeness (QED) is 0.130. The van der Waals surface area contributed by atoms with Crippen LogP contribution in [0.5, 0.6) is 11.5 Å². The molecule has 1 unspecified atom stereocenters. The SMILES string of the molecule is COC(=O)NC(Cc1ccc(N=C(N)N)cc1)P(Oc1ccc(NC(C)=O)cc1)Oc1ccc(NC(C)=O)cc1. The summed E-state index contributed by atoms with van der Waals surface area (Å²) in [6.07, 6.45) is -0.347. The fourth-order valence-electron chi connectivity index (χ4n) is 3.41. The highest BCUT2D eigenvalue weighted by Gasteiger charge is 2.30. The molecule has 1 atom stereocenters. The second-order valence-electron chi connectivity index (χ2n) is 8.44. The van der Waals surface area contributed by atoms with E-state index in [1.54, 1.807) is 60.7 Å². The van der Waals surface area contributed by atoms with E-state index in [2.05, 4.69) is 20.9 Å². The zero-order valence-electron chi connectivity index (χ0n) is 22.2. The van der Waals surface area contributed by atoms with Crippen LogP contribution in [0.15, 0.2) is 77.8 Å². The van der Waals surface area contributed by atoms with Gasteiger partial charge in [0.1, 0.15) is 17.3 Å². The number of carbonyl (C=O) groups is 3. The number of amides is 3. The summed E-state index contributed by atoms with van der Waals surface area (Å²) in [4.78, 5) is 39.1. The Morgan fingerprint density at radius 3 is 1.68 bits per heavy atom. The number of anilines is 2. The van der Waals surface area contributed by atoms with E-state index >= 15 is 0 Å². The summed E-state index contributed by atoms with van der Waals surface area (Å²) in [5, 5.41) is 8.21. The van der Waals surface area contributed by atoms with Gasteiger partial charge in [0, 0.05) is 31.6 Å². The van der Waals surface area contributed by atoms with Crippen molar-refractivity contribution in [2.75, 3.05) is 17.7 Å². The Balaban J connectivity index is 1.91. The first-order valence-electron chi connectivity index (χ1n) is 12.0. The Morgan fingerprint density at radius 1 is 0.800 bits per heavy atom. The predicted molar refractivity (Wildman–Crippen MR) is 155 cm³/mol. The second kappa shape index (κ2) is 14.4. The van der Waals surface area contributed by atoms with Crippen molar-refractivity contribution in [2.45, 2.75) is 26.1 Å². The third-order valence-electron chi connectivity index (χ3n) is 5.09. The van der Waals surface area contributed by atoms with Gasteiger partial charge in [0.2, 0.25) is 11.8 Å². The van der Waals surface area contributed by atoms with Crippen LogP contribution in [0.1, 0.15) is 19.4 Å². The van der Waals surface area contributed by atoms with Crippen LogP contribution in [0.3, 0.4) is 0 Å². The van der Waals surface area contributed by atoms with Crippen LogP contribution in [0, 0.1) is 0 Å². The minimum absolute atomic E-state index is 0.0580. The molecule has 0 spiro atoms. The van der Waals surface area contributed by atoms with Crippen LogP contribution in [0.25, 0.3) is 0 Å². The molecule has 0 heterocycles. The fraction of sp³-hybridized carbons (Fsp3) is 0.185. The number of nitrogens with one attached hydrogen (secondary N) is 3. The first-order chi connectivity index (χ1) is 19.1. The number of carbonyl (C=O) groups excluding carboxylic acids is 3. The van der Waals surface area contributed by atoms with Gasteiger partial charge < -0.3 is 41.2 Å². The lowest BCUT2D eigenvalue weighted by Gasteiger charge is -2.27. The summed E-state index contributed by atoms with van der Waals surface area (Å²) in [6, 6.07) is 20.6. The van der Waals surface area contributed by atoms with Gasteiger partial charge in [-0.25, -0.2) is 9.79 Å². The third kappa shape index (κ3) is 9.80. The van der Waals surface area contributed by atoms with E-state index in [0.29, 0.717) is 35.0 Å². The zero-order valence-corrected chi connectivity index (χ0v) is 23.1. The molecule has 210 valence electrons. The zero-order chi connectivity index (χ0) is 29.1. The highest BCUT2D eigenvalue weighted by atomic mass is 31.2. The smallest absolute Gasteiger partial charge is 0.407 e. The largest absolute Gasteiger partial charge is 0.453 e. The van der Waals surface area contributed by atoms with Gasteiger partial charge in [0.25, 0.3) is 0 Å². The number of alkyl carbamates (subject to hydrolysis) is 1. The van der Waals surface area contributed by atoms with Gasteiger partial charge in [-0.15, -0.1) is 0 Å². The lowest BCUT2D eigenvalue weighted by Crippen LogP contribution is -2.37. The average molecular weight is 567 g/mol. The monoisotopic (exact) mass is 566 g/mol. The fourth-order valence-corrected chi connectivity index (χ4v) is 4.93. The molecule has 0 saturated carbocycles. The van der Waals surface area contributed by atoms with Crippen LogP contribution < -0.4 is 36.5 Å². The van der Waals surface area contributed by atoms with E-state index in [9.17, 15) is 14.4 Å². The Hall–Kier alpha value is -4.83. The molecule has 3 amide bonds. The molecular weight excluding hydrogens is 535 g/mol. The third-order valence-corrected chi connectivity index (χ3v) is 6.69. The second-order valence-corrected chi connectivity index (χ2v) is 10.00. The minimum atomic E-state index is -1.87. The van der Waals surface area contributed by atoms with Gasteiger partial charge in [-0.2, -0.15) is 0 Å². The molecule has 0 aromatic heterocycles. The predicted octanol–water partition coefficient (Wildman–Crippen LogP) is 4.20. The maximum atomic E-state index is 12.3. The number of methoxy groups -OCH3 is 1. The van der Waals surface area contributed by atoms with E-state index in [-0.39, 0.29) is 17.8 Å². The van der Waals surface area contributed by atoms with Crippen molar-refractivity contribution in [1.82, 2.24) is 5.32 Å². The maximum absolute atomic E-state index is 12.3. The molecule has 0 saturated heterocycles. The highest BCUT2D eigenvalue weighted by molar-refractivity contribution is 7.49. The number of nitrogens with two attached hydrogens (primary N) is 2. The van der Waals surface area contributed by atoms with Crippen molar-refractivity contribution in [3.8, 4) is 11.5 Å². The summed E-state index contributed by atoms with van der Waals surface area (Å²) in [5.41, 5.74) is 13.5. The van der Waals surface area contributed by atoms with E-state index in [0.717, 1.165) is 5.56 Å². The summed E-state index contributed by atoms with van der Waals surface area (Å²) in [7, 11) is -0.601. The molecule has 7 N–H and O–H groups in total. The normalized spacial score (nSPS) is 11.1. The van der Waals surface area contributed by atoms with Crippen molar-refractivity contribution in [2.24, 2.45) is 16.5 Å². The van der Waals surface area contributed by atoms with Crippen LogP contribution in [-0.4, -0.2) is 36.8 Å². The lowest BCUT2D eigenvalue weighted by atomic mass is 10.1. The summed E-state index contributed by atoms with van der Waals surface area (Å²) < 4.78 is 17.4. The maximum Gasteiger partial charge on any atom is 0.407 e. The van der Waals surface area contributed by atoms with Crippen molar-refractivity contribution in [3.63, 3.8) is 0 Å². The van der Waals surface area contributed by atoms with Gasteiger partial charge in [-0.05, 0) is 66.2 Å². The van der Waals surface area contributed by atoms with E-state index in [4.69, 9.17) is 25.3 Å². The Kier molecular flexibility index (Phi) is 10.7. The van der Waals surface area contributed by atoms with Crippen LogP contribution in [0.4, 0.5) is 21.9 Å². The number of hydrogen-bond acceptors (Lipinski definition) is 7. The molecule has 0 radical (unpaired) electrons. The van der Waals surface area contributed by atoms with Crippen LogP contribution in [-0.2, 0) is 20.7 Å². The van der Waals surface area contributed by atoms with Gasteiger partial charge in [-0.1, -0.05) is 12.1 Å². The first-order valence-corrected chi connectivity index (χ1v) is 13.3. The topological polar surface area (TPSA) is 179 Å². The molecule has 40 heavy (non-hydrogen) atoms. The van der Waals surface area contributed by atoms with E-state index < -0.39 is 20.3 Å². The van der Waals surface area contributed by atoms with E-state index in [1.165, 1.54) is 21.0 Å². The summed E-state index contributed by atoms with van der Waals surface area (Å²) >= 11 is 0. The van der Waals surface area contributed by atoms with E-state index in [1.807, 2.05) is 12.1 Å². The summed E-state index contributed by atoms with van der Waals surface area (Å²) in [5.74, 6) is -0.214. The molecular formula is C27H31N6O6P. The first kappa shape index (κ1) is 29.7. The van der Waals surface area contributed by atoms with Gasteiger partial charge in [0.05, 0.1) is 12.8 Å². The number of ether oxygens (including phenoxy) is 1. The van der Waals surface area contributed by atoms with Gasteiger partial charge in [-0.3, -0.25) is 9.59 Å². The molecule has 0 bridgehead atoms. The van der Waals surface area contributed by atoms with Gasteiger partial charge >= 0.3 is 14.5 Å². The number of aliphatic imine (C=N–C) groups is 1. The molecule has 0 aliphatic rings. The molecule has 0 aliphatic carbocycles. The minimum Gasteiger partial charge on any atom is -0.453 e. The number of nitrogens with zero attached hydrogens (tertiary/aromatic N) is 1. The molecule has 12 nitrogen and oxygen atoms in total. The average Bonchev–Trinajstić information content (AvgIpc) is 2.90. The number of rotatable bonds is 11. The highest BCUT2D eigenvalue weighted by Crippen LogP contribution is 2.45. The Morgan fingerprint density at radius 2 is 1.27 bits per heavy atom. The Labute approximate surface area is 233 Å². The van der Waals surface area contributed by atoms with Crippen LogP contribution >= 0.6 is 8.38 Å². The molecule has 3 aromatic carbocycles. The lowest BCUT2D eigenvalue weighted by molar-refractivity contribution is -0.115. The molecule has 13 heteroatoms. The molecule has 3 rings (SSSR count). The van der Waals surface area contributed by atoms with Crippen molar-refractivity contribution < 1.29 is 28.2 Å². The van der Waals surface area contributed by atoms with Crippen LogP contribution in [0.2, 0.25) is 0 Å². The van der Waals surface area contributed by atoms with Crippen molar-refractivity contribution >= 4 is 49.3 Å². The number of guanidine groups is 1. The molecule has 3 aromatic rings. The molecule has 0 aliphatic heterocycles. The summed E-state index contributed by atoms with van der Waals surface area (Å²) in [6.45, 7) is 2.84. The number of hydrogen-bond donors (Lipinski definition) is 5. The van der Waals surface area contributed by atoms with Gasteiger partial charge in [0.15, 0.2) is 5.96 Å². The molecule has 0 fully saturated rings. The Bertz CT molecular complexity index is 1270. The van der Waals surface area contributed by atoms with Crippen molar-refractivity contribution in [3.05, 3.63) is 78.4 Å². The van der Waals surface area contributed by atoms with Crippen molar-refractivity contribution in [1.29, 1.82) is 0 Å². The number of benzene rings is 3.